The number of nitrogens with zero attached hydrogens (tertiary/aromatic N) is 2. The third kappa shape index (κ3) is 2.49. The number of nitro groups is 1. The number of hydrogen-bond acceptors (Lipinski definition) is 5. The van der Waals surface area contributed by atoms with Gasteiger partial charge in [0.1, 0.15) is 11.3 Å². The second-order valence-electron chi connectivity index (χ2n) is 4.47. The number of nitro benzene ring substituents is 1. The Morgan fingerprint density at radius 3 is 2.70 bits per heavy atom. The Labute approximate surface area is 116 Å². The van der Waals surface area contributed by atoms with Crippen LogP contribution in [0.1, 0.15) is 18.9 Å². The van der Waals surface area contributed by atoms with E-state index in [1.807, 2.05) is 13.1 Å². The van der Waals surface area contributed by atoms with Gasteiger partial charge in [0.05, 0.1) is 18.1 Å². The van der Waals surface area contributed by atoms with E-state index < -0.39 is 4.92 Å². The molecule has 2 aromatic rings. The van der Waals surface area contributed by atoms with E-state index in [-0.39, 0.29) is 5.69 Å². The lowest BCUT2D eigenvalue weighted by Gasteiger charge is -2.11. The fourth-order valence-corrected chi connectivity index (χ4v) is 2.22. The maximum atomic E-state index is 11.0. The Balaban J connectivity index is 2.73. The first kappa shape index (κ1) is 14.0. The molecule has 0 saturated carbocycles. The minimum atomic E-state index is -0.423. The van der Waals surface area contributed by atoms with Crippen LogP contribution in [0.5, 0.6) is 5.75 Å². The van der Waals surface area contributed by atoms with Crippen LogP contribution in [0.4, 0.5) is 11.5 Å². The van der Waals surface area contributed by atoms with Crippen LogP contribution in [0.2, 0.25) is 0 Å². The van der Waals surface area contributed by atoms with Crippen LogP contribution in [-0.2, 0) is 6.42 Å². The molecule has 0 saturated heterocycles. The van der Waals surface area contributed by atoms with Gasteiger partial charge >= 0.3 is 0 Å². The largest absolute Gasteiger partial charge is 0.494 e. The molecule has 0 amide bonds. The van der Waals surface area contributed by atoms with Crippen molar-refractivity contribution in [3.63, 3.8) is 0 Å². The lowest BCUT2D eigenvalue weighted by Crippen LogP contribution is -2.01. The van der Waals surface area contributed by atoms with Crippen molar-refractivity contribution in [1.82, 2.24) is 4.98 Å². The van der Waals surface area contributed by atoms with Crippen LogP contribution in [0, 0.1) is 10.1 Å². The van der Waals surface area contributed by atoms with Crippen molar-refractivity contribution in [3.8, 4) is 5.75 Å². The second-order valence-corrected chi connectivity index (χ2v) is 4.47. The highest BCUT2D eigenvalue weighted by atomic mass is 16.6. The van der Waals surface area contributed by atoms with Crippen molar-refractivity contribution in [1.29, 1.82) is 0 Å². The molecule has 1 N–H and O–H groups in total. The number of pyridine rings is 1. The number of anilines is 1. The molecule has 2 rings (SSSR count). The summed E-state index contributed by atoms with van der Waals surface area (Å²) in [7, 11) is 3.30. The molecule has 0 spiro atoms. The van der Waals surface area contributed by atoms with Gasteiger partial charge in [-0.05, 0) is 18.1 Å². The van der Waals surface area contributed by atoms with Crippen LogP contribution in [0.25, 0.3) is 10.9 Å². The average molecular weight is 275 g/mol. The summed E-state index contributed by atoms with van der Waals surface area (Å²) in [5.41, 5.74) is 1.68. The van der Waals surface area contributed by atoms with E-state index in [2.05, 4.69) is 17.2 Å². The van der Waals surface area contributed by atoms with Crippen LogP contribution in [0.15, 0.2) is 18.2 Å². The van der Waals surface area contributed by atoms with Gasteiger partial charge in [-0.3, -0.25) is 10.1 Å². The molecule has 6 heteroatoms. The summed E-state index contributed by atoms with van der Waals surface area (Å²) >= 11 is 0. The number of hydrogen-bond donors (Lipinski definition) is 1. The zero-order valence-electron chi connectivity index (χ0n) is 11.8. The highest BCUT2D eigenvalue weighted by Crippen LogP contribution is 2.32. The molecule has 0 aliphatic heterocycles. The topological polar surface area (TPSA) is 77.3 Å². The molecular weight excluding hydrogens is 258 g/mol. The van der Waals surface area contributed by atoms with E-state index in [1.165, 1.54) is 19.2 Å². The van der Waals surface area contributed by atoms with Crippen molar-refractivity contribution in [2.75, 3.05) is 19.5 Å². The summed E-state index contributed by atoms with van der Waals surface area (Å²) < 4.78 is 5.22. The molecule has 0 unspecified atom stereocenters. The van der Waals surface area contributed by atoms with Gasteiger partial charge in [0, 0.05) is 18.5 Å². The number of methoxy groups -OCH3 is 1. The van der Waals surface area contributed by atoms with Gasteiger partial charge in [0.25, 0.3) is 5.69 Å². The number of fused-ring (bicyclic) bond motifs is 1. The third-order valence-corrected chi connectivity index (χ3v) is 3.13. The lowest BCUT2D eigenvalue weighted by molar-refractivity contribution is -0.384. The molecule has 1 heterocycles. The van der Waals surface area contributed by atoms with Gasteiger partial charge in [0.2, 0.25) is 0 Å². The van der Waals surface area contributed by atoms with E-state index in [4.69, 9.17) is 4.74 Å². The Bertz CT molecular complexity index is 656. The fraction of sp³-hybridized carbons (Fsp3) is 0.357. The molecular formula is C14H17N3O3. The number of benzene rings is 1. The van der Waals surface area contributed by atoms with Crippen LogP contribution in [0.3, 0.4) is 0 Å². The molecule has 0 aliphatic carbocycles. The summed E-state index contributed by atoms with van der Waals surface area (Å²) in [5.74, 6) is 1.19. The molecule has 0 atom stereocenters. The van der Waals surface area contributed by atoms with Crippen molar-refractivity contribution in [2.24, 2.45) is 0 Å². The molecule has 1 aromatic heterocycles. The lowest BCUT2D eigenvalue weighted by atomic mass is 10.1. The number of ether oxygens (including phenoxy) is 1. The normalized spacial score (nSPS) is 10.6. The van der Waals surface area contributed by atoms with Crippen molar-refractivity contribution in [3.05, 3.63) is 33.9 Å². The summed E-state index contributed by atoms with van der Waals surface area (Å²) in [6.45, 7) is 2.08. The minimum absolute atomic E-state index is 0.0100. The number of non-ortho nitro benzene ring substituents is 1. The Morgan fingerprint density at radius 2 is 2.15 bits per heavy atom. The van der Waals surface area contributed by atoms with Crippen LogP contribution in [-0.4, -0.2) is 24.1 Å². The van der Waals surface area contributed by atoms with Crippen LogP contribution < -0.4 is 10.1 Å². The van der Waals surface area contributed by atoms with Crippen molar-refractivity contribution < 1.29 is 9.66 Å². The molecule has 0 fully saturated rings. The molecule has 6 nitrogen and oxygen atoms in total. The maximum absolute atomic E-state index is 11.0. The number of aryl methyl sites for hydroxylation is 1. The fourth-order valence-electron chi connectivity index (χ4n) is 2.22. The zero-order chi connectivity index (χ0) is 14.7. The minimum Gasteiger partial charge on any atom is -0.494 e. The summed E-state index contributed by atoms with van der Waals surface area (Å²) in [5, 5.41) is 14.7. The van der Waals surface area contributed by atoms with Crippen LogP contribution >= 0.6 is 0 Å². The maximum Gasteiger partial charge on any atom is 0.273 e. The van der Waals surface area contributed by atoms with E-state index >= 15 is 0 Å². The van der Waals surface area contributed by atoms with E-state index in [0.717, 1.165) is 29.6 Å². The van der Waals surface area contributed by atoms with Gasteiger partial charge < -0.3 is 10.1 Å². The van der Waals surface area contributed by atoms with E-state index in [0.29, 0.717) is 11.3 Å². The molecule has 0 aliphatic rings. The predicted octanol–water partition coefficient (Wildman–Crippen LogP) is 3.15. The highest BCUT2D eigenvalue weighted by molar-refractivity contribution is 5.89. The first-order valence-corrected chi connectivity index (χ1v) is 6.44. The molecule has 0 radical (unpaired) electrons. The predicted molar refractivity (Wildman–Crippen MR) is 78.5 cm³/mol. The smallest absolute Gasteiger partial charge is 0.273 e. The number of nitrogens with one attached hydrogen (secondary N) is 1. The number of aromatic nitrogens is 1. The van der Waals surface area contributed by atoms with E-state index in [1.54, 1.807) is 0 Å². The molecule has 20 heavy (non-hydrogen) atoms. The Morgan fingerprint density at radius 1 is 1.40 bits per heavy atom. The summed E-state index contributed by atoms with van der Waals surface area (Å²) in [6.07, 6.45) is 1.85. The molecule has 1 aromatic carbocycles. The Hall–Kier alpha value is -2.37. The average Bonchev–Trinajstić information content (AvgIpc) is 2.45. The monoisotopic (exact) mass is 275 g/mol. The first-order valence-electron chi connectivity index (χ1n) is 6.44. The zero-order valence-corrected chi connectivity index (χ0v) is 11.8. The molecule has 0 bridgehead atoms. The van der Waals surface area contributed by atoms with Crippen molar-refractivity contribution >= 4 is 22.4 Å². The quantitative estimate of drug-likeness (QED) is 0.670. The summed E-state index contributed by atoms with van der Waals surface area (Å²) in [6, 6.07) is 4.87. The highest BCUT2D eigenvalue weighted by Gasteiger charge is 2.15. The summed E-state index contributed by atoms with van der Waals surface area (Å²) in [4.78, 5) is 15.1. The van der Waals surface area contributed by atoms with Gasteiger partial charge in [-0.1, -0.05) is 13.3 Å². The van der Waals surface area contributed by atoms with E-state index in [9.17, 15) is 10.1 Å². The Kier molecular flexibility index (Phi) is 4.02. The van der Waals surface area contributed by atoms with Crippen molar-refractivity contribution in [2.45, 2.75) is 19.8 Å². The molecule has 106 valence electrons. The standard InChI is InChI=1S/C14H17N3O3/c1-4-5-9-6-10-7-11(17(18)19)8-12(20-3)13(10)16-14(9)15-2/h6-8H,4-5H2,1-3H3,(H,15,16). The van der Waals surface area contributed by atoms with Gasteiger partial charge in [0.15, 0.2) is 5.75 Å². The van der Waals surface area contributed by atoms with Gasteiger partial charge in [-0.2, -0.15) is 0 Å². The SMILES string of the molecule is CCCc1cc2cc([N+](=O)[O-])cc(OC)c2nc1NC. The first-order chi connectivity index (χ1) is 9.60. The van der Waals surface area contributed by atoms with Gasteiger partial charge in [-0.25, -0.2) is 4.98 Å². The second kappa shape index (κ2) is 5.73. The van der Waals surface area contributed by atoms with Gasteiger partial charge in [-0.15, -0.1) is 0 Å². The third-order valence-electron chi connectivity index (χ3n) is 3.13. The number of rotatable bonds is 5.